The summed E-state index contributed by atoms with van der Waals surface area (Å²) in [6.45, 7) is 5.10. The van der Waals surface area contributed by atoms with Crippen LogP contribution in [-0.2, 0) is 9.53 Å². The summed E-state index contributed by atoms with van der Waals surface area (Å²) in [7, 11) is 0. The standard InChI is InChI=1S/C11H15BrN2O2/c1-3-14(8-10(15)16-4-2)11-9(12)6-5-7-13-11/h5-7H,3-4,8H2,1-2H3. The van der Waals surface area contributed by atoms with Crippen LogP contribution in [0.3, 0.4) is 0 Å². The van der Waals surface area contributed by atoms with Crippen molar-refractivity contribution in [2.45, 2.75) is 13.8 Å². The number of aromatic nitrogens is 1. The molecule has 5 heteroatoms. The summed E-state index contributed by atoms with van der Waals surface area (Å²) in [6, 6.07) is 3.74. The number of pyridine rings is 1. The molecule has 1 aromatic heterocycles. The third-order valence-corrected chi connectivity index (χ3v) is 2.66. The molecule has 0 spiro atoms. The van der Waals surface area contributed by atoms with Crippen LogP contribution in [0.15, 0.2) is 22.8 Å². The van der Waals surface area contributed by atoms with Gasteiger partial charge in [-0.1, -0.05) is 0 Å². The van der Waals surface area contributed by atoms with Crippen molar-refractivity contribution in [3.63, 3.8) is 0 Å². The van der Waals surface area contributed by atoms with Gasteiger partial charge in [-0.2, -0.15) is 0 Å². The van der Waals surface area contributed by atoms with Gasteiger partial charge in [0.15, 0.2) is 0 Å². The van der Waals surface area contributed by atoms with Crippen LogP contribution >= 0.6 is 15.9 Å². The molecule has 0 fully saturated rings. The molecule has 1 rings (SSSR count). The van der Waals surface area contributed by atoms with Crippen LogP contribution in [0, 0.1) is 0 Å². The highest BCUT2D eigenvalue weighted by atomic mass is 79.9. The molecule has 88 valence electrons. The van der Waals surface area contributed by atoms with Crippen LogP contribution in [0.5, 0.6) is 0 Å². The number of esters is 1. The number of nitrogens with zero attached hydrogens (tertiary/aromatic N) is 2. The van der Waals surface area contributed by atoms with Gasteiger partial charge in [-0.25, -0.2) is 4.98 Å². The summed E-state index contributed by atoms with van der Waals surface area (Å²) in [5.41, 5.74) is 0. The number of hydrogen-bond acceptors (Lipinski definition) is 4. The normalized spacial score (nSPS) is 9.94. The van der Waals surface area contributed by atoms with E-state index in [-0.39, 0.29) is 12.5 Å². The van der Waals surface area contributed by atoms with Crippen molar-refractivity contribution in [1.29, 1.82) is 0 Å². The van der Waals surface area contributed by atoms with Gasteiger partial charge < -0.3 is 9.64 Å². The van der Waals surface area contributed by atoms with E-state index in [2.05, 4.69) is 20.9 Å². The molecule has 0 aliphatic heterocycles. The number of hydrogen-bond donors (Lipinski definition) is 0. The van der Waals surface area contributed by atoms with Gasteiger partial charge in [0.25, 0.3) is 0 Å². The lowest BCUT2D eigenvalue weighted by Crippen LogP contribution is -2.31. The van der Waals surface area contributed by atoms with E-state index in [1.807, 2.05) is 24.0 Å². The summed E-state index contributed by atoms with van der Waals surface area (Å²) in [5, 5.41) is 0. The molecule has 0 radical (unpaired) electrons. The number of carbonyl (C=O) groups excluding carboxylic acids is 1. The van der Waals surface area contributed by atoms with Gasteiger partial charge in [0, 0.05) is 12.7 Å². The topological polar surface area (TPSA) is 42.4 Å². The molecule has 0 unspecified atom stereocenters. The summed E-state index contributed by atoms with van der Waals surface area (Å²) in [4.78, 5) is 17.5. The zero-order valence-electron chi connectivity index (χ0n) is 9.44. The van der Waals surface area contributed by atoms with E-state index in [0.717, 1.165) is 10.3 Å². The molecular formula is C11H15BrN2O2. The van der Waals surface area contributed by atoms with E-state index in [4.69, 9.17) is 4.74 Å². The maximum absolute atomic E-state index is 11.4. The van der Waals surface area contributed by atoms with Crippen LogP contribution in [0.2, 0.25) is 0 Å². The molecule has 0 aliphatic carbocycles. The number of ether oxygens (including phenoxy) is 1. The van der Waals surface area contributed by atoms with Crippen molar-refractivity contribution in [2.75, 3.05) is 24.6 Å². The van der Waals surface area contributed by atoms with E-state index in [1.165, 1.54) is 0 Å². The smallest absolute Gasteiger partial charge is 0.325 e. The maximum Gasteiger partial charge on any atom is 0.325 e. The first-order valence-electron chi connectivity index (χ1n) is 5.20. The first kappa shape index (κ1) is 13.0. The Balaban J connectivity index is 2.75. The lowest BCUT2D eigenvalue weighted by atomic mass is 10.4. The maximum atomic E-state index is 11.4. The highest BCUT2D eigenvalue weighted by Gasteiger charge is 2.13. The Hall–Kier alpha value is -1.10. The van der Waals surface area contributed by atoms with Crippen molar-refractivity contribution in [1.82, 2.24) is 4.98 Å². The highest BCUT2D eigenvalue weighted by molar-refractivity contribution is 9.10. The molecule has 1 aromatic rings. The highest BCUT2D eigenvalue weighted by Crippen LogP contribution is 2.22. The van der Waals surface area contributed by atoms with Gasteiger partial charge in [0.1, 0.15) is 12.4 Å². The fourth-order valence-electron chi connectivity index (χ4n) is 1.31. The second kappa shape index (κ2) is 6.48. The fourth-order valence-corrected chi connectivity index (χ4v) is 1.81. The monoisotopic (exact) mass is 286 g/mol. The number of carbonyl (C=O) groups is 1. The van der Waals surface area contributed by atoms with E-state index in [9.17, 15) is 4.79 Å². The Morgan fingerprint density at radius 1 is 1.56 bits per heavy atom. The lowest BCUT2D eigenvalue weighted by Gasteiger charge is -2.21. The van der Waals surface area contributed by atoms with Crippen molar-refractivity contribution < 1.29 is 9.53 Å². The lowest BCUT2D eigenvalue weighted by molar-refractivity contribution is -0.141. The van der Waals surface area contributed by atoms with Gasteiger partial charge in [0.2, 0.25) is 0 Å². The molecule has 1 heterocycles. The van der Waals surface area contributed by atoms with Crippen molar-refractivity contribution in [3.05, 3.63) is 22.8 Å². The van der Waals surface area contributed by atoms with Gasteiger partial charge in [-0.05, 0) is 41.9 Å². The van der Waals surface area contributed by atoms with Crippen molar-refractivity contribution >= 4 is 27.7 Å². The summed E-state index contributed by atoms with van der Waals surface area (Å²) in [6.07, 6.45) is 1.70. The zero-order valence-corrected chi connectivity index (χ0v) is 11.0. The molecule has 16 heavy (non-hydrogen) atoms. The second-order valence-electron chi connectivity index (χ2n) is 3.13. The molecule has 0 N–H and O–H groups in total. The van der Waals surface area contributed by atoms with Crippen LogP contribution in [0.25, 0.3) is 0 Å². The molecule has 0 aliphatic rings. The molecule has 0 bridgehead atoms. The number of rotatable bonds is 5. The molecule has 0 saturated heterocycles. The summed E-state index contributed by atoms with van der Waals surface area (Å²) < 4.78 is 5.79. The molecule has 0 amide bonds. The third kappa shape index (κ3) is 3.48. The van der Waals surface area contributed by atoms with E-state index >= 15 is 0 Å². The van der Waals surface area contributed by atoms with E-state index in [0.29, 0.717) is 13.2 Å². The van der Waals surface area contributed by atoms with Crippen LogP contribution in [0.1, 0.15) is 13.8 Å². The van der Waals surface area contributed by atoms with E-state index < -0.39 is 0 Å². The quantitative estimate of drug-likeness (QED) is 0.779. The van der Waals surface area contributed by atoms with Gasteiger partial charge >= 0.3 is 5.97 Å². The molecule has 0 aromatic carbocycles. The average Bonchev–Trinajstić information content (AvgIpc) is 2.27. The Morgan fingerprint density at radius 3 is 2.88 bits per heavy atom. The predicted molar refractivity (Wildman–Crippen MR) is 66.5 cm³/mol. The minimum Gasteiger partial charge on any atom is -0.465 e. The summed E-state index contributed by atoms with van der Waals surface area (Å²) in [5.74, 6) is 0.528. The third-order valence-electron chi connectivity index (χ3n) is 2.05. The fraction of sp³-hybridized carbons (Fsp3) is 0.455. The van der Waals surface area contributed by atoms with Gasteiger partial charge in [-0.15, -0.1) is 0 Å². The first-order chi connectivity index (χ1) is 7.69. The SMILES string of the molecule is CCOC(=O)CN(CC)c1ncccc1Br. The van der Waals surface area contributed by atoms with Crippen molar-refractivity contribution in [2.24, 2.45) is 0 Å². The molecule has 0 saturated carbocycles. The minimum atomic E-state index is -0.234. The Bertz CT molecular complexity index is 358. The molecule has 4 nitrogen and oxygen atoms in total. The van der Waals surface area contributed by atoms with Crippen LogP contribution < -0.4 is 4.90 Å². The van der Waals surface area contributed by atoms with E-state index in [1.54, 1.807) is 13.1 Å². The Labute approximate surface area is 104 Å². The van der Waals surface area contributed by atoms with Gasteiger partial charge in [-0.3, -0.25) is 4.79 Å². The minimum absolute atomic E-state index is 0.222. The Kier molecular flexibility index (Phi) is 5.25. The van der Waals surface area contributed by atoms with Gasteiger partial charge in [0.05, 0.1) is 11.1 Å². The number of halogens is 1. The zero-order chi connectivity index (χ0) is 12.0. The predicted octanol–water partition coefficient (Wildman–Crippen LogP) is 2.23. The molecule has 0 atom stereocenters. The van der Waals surface area contributed by atoms with Crippen LogP contribution in [0.4, 0.5) is 5.82 Å². The second-order valence-corrected chi connectivity index (χ2v) is 3.98. The number of likely N-dealkylation sites (N-methyl/N-ethyl adjacent to an activating group) is 1. The largest absolute Gasteiger partial charge is 0.465 e. The van der Waals surface area contributed by atoms with Crippen molar-refractivity contribution in [3.8, 4) is 0 Å². The first-order valence-corrected chi connectivity index (χ1v) is 5.99. The van der Waals surface area contributed by atoms with Crippen LogP contribution in [-0.4, -0.2) is 30.6 Å². The Morgan fingerprint density at radius 2 is 2.31 bits per heavy atom. The summed E-state index contributed by atoms with van der Waals surface area (Å²) >= 11 is 3.41. The average molecular weight is 287 g/mol. The molecular weight excluding hydrogens is 272 g/mol. The number of anilines is 1.